The minimum Gasteiger partial charge on any atom is -0.310 e. The van der Waals surface area contributed by atoms with Crippen molar-refractivity contribution < 1.29 is 6.85 Å². The maximum Gasteiger partial charge on any atom is 0.0645 e. The lowest BCUT2D eigenvalue weighted by molar-refractivity contribution is 1.18. The standard InChI is InChI=1S/C42H28N2/c1-3-14-29(15-4-1)43(40-25-13-23-38-34-19-8-7-18-32(34)33-20-9-10-22-37(33)42(38)40)31-26-27-36-35-21-11-12-24-39(35)44(41(36)28-31)30-16-5-2-6-17-30/h1-28H/i2D,5D,6D,16D,17D. The highest BCUT2D eigenvalue weighted by Crippen LogP contribution is 2.45. The van der Waals surface area contributed by atoms with Crippen molar-refractivity contribution in [2.45, 2.75) is 0 Å². The van der Waals surface area contributed by atoms with E-state index >= 15 is 0 Å². The SMILES string of the molecule is [2H]c1c([2H])c([2H])c(-n2c3ccccc3c3ccc(N(c4ccccc4)c4cccc5c6ccccc6c6ccccc6c45)cc32)c([2H])c1[2H]. The molecule has 2 nitrogen and oxygen atoms in total. The predicted molar refractivity (Wildman–Crippen MR) is 188 cm³/mol. The lowest BCUT2D eigenvalue weighted by Crippen LogP contribution is -2.10. The van der Waals surface area contributed by atoms with Gasteiger partial charge in [0.15, 0.2) is 0 Å². The molecule has 0 atom stereocenters. The van der Waals surface area contributed by atoms with Crippen LogP contribution in [0, 0.1) is 0 Å². The van der Waals surface area contributed by atoms with Crippen molar-refractivity contribution in [3.05, 3.63) is 170 Å². The fourth-order valence-electron chi connectivity index (χ4n) is 6.82. The van der Waals surface area contributed by atoms with Crippen LogP contribution < -0.4 is 4.90 Å². The Balaban J connectivity index is 1.40. The van der Waals surface area contributed by atoms with Gasteiger partial charge in [-0.25, -0.2) is 0 Å². The molecule has 2 heteroatoms. The molecule has 0 aliphatic rings. The second-order valence-corrected chi connectivity index (χ2v) is 11.0. The number of nitrogens with zero attached hydrogens (tertiary/aromatic N) is 2. The summed E-state index contributed by atoms with van der Waals surface area (Å²) in [6, 6.07) is 46.3. The lowest BCUT2D eigenvalue weighted by atomic mass is 9.93. The molecule has 0 saturated heterocycles. The highest BCUT2D eigenvalue weighted by molar-refractivity contribution is 6.28. The fraction of sp³-hybridized carbons (Fsp3) is 0. The Hall–Kier alpha value is -5.86. The molecule has 0 fully saturated rings. The highest BCUT2D eigenvalue weighted by atomic mass is 15.1. The molecule has 9 rings (SSSR count). The molecule has 0 radical (unpaired) electrons. The summed E-state index contributed by atoms with van der Waals surface area (Å²) in [6.45, 7) is 0. The Morgan fingerprint density at radius 1 is 0.432 bits per heavy atom. The fourth-order valence-corrected chi connectivity index (χ4v) is 6.82. The Labute approximate surface area is 262 Å². The molecule has 0 N–H and O–H groups in total. The zero-order valence-electron chi connectivity index (χ0n) is 28.7. The molecule has 0 aliphatic carbocycles. The van der Waals surface area contributed by atoms with Crippen LogP contribution in [0.5, 0.6) is 0 Å². The first-order valence-electron chi connectivity index (χ1n) is 17.2. The number of fused-ring (bicyclic) bond motifs is 9. The van der Waals surface area contributed by atoms with Crippen molar-refractivity contribution in [3.63, 3.8) is 0 Å². The maximum absolute atomic E-state index is 8.90. The summed E-state index contributed by atoms with van der Waals surface area (Å²) in [5, 5.41) is 8.87. The van der Waals surface area contributed by atoms with Gasteiger partial charge in [-0.1, -0.05) is 121 Å². The van der Waals surface area contributed by atoms with Crippen LogP contribution in [0.2, 0.25) is 0 Å². The summed E-state index contributed by atoms with van der Waals surface area (Å²) in [5.41, 5.74) is 4.49. The second kappa shape index (κ2) is 9.86. The van der Waals surface area contributed by atoms with Crippen molar-refractivity contribution in [3.8, 4) is 5.69 Å². The lowest BCUT2D eigenvalue weighted by Gasteiger charge is -2.28. The van der Waals surface area contributed by atoms with Gasteiger partial charge in [0.1, 0.15) is 0 Å². The van der Waals surface area contributed by atoms with E-state index in [4.69, 9.17) is 6.85 Å². The summed E-state index contributed by atoms with van der Waals surface area (Å²) >= 11 is 0. The van der Waals surface area contributed by atoms with Crippen LogP contribution in [-0.4, -0.2) is 4.57 Å². The molecule has 0 spiro atoms. The van der Waals surface area contributed by atoms with E-state index in [1.54, 1.807) is 0 Å². The van der Waals surface area contributed by atoms with Gasteiger partial charge in [0.05, 0.1) is 23.6 Å². The highest BCUT2D eigenvalue weighted by Gasteiger charge is 2.20. The number of anilines is 3. The topological polar surface area (TPSA) is 8.17 Å². The van der Waals surface area contributed by atoms with Gasteiger partial charge in [0.2, 0.25) is 0 Å². The average molecular weight is 566 g/mol. The van der Waals surface area contributed by atoms with Crippen LogP contribution in [-0.2, 0) is 0 Å². The van der Waals surface area contributed by atoms with E-state index in [1.165, 1.54) is 16.2 Å². The molecule has 206 valence electrons. The minimum absolute atomic E-state index is 0.128. The summed E-state index contributed by atoms with van der Waals surface area (Å²) in [5.74, 6) is 0. The van der Waals surface area contributed by atoms with Gasteiger partial charge in [-0.15, -0.1) is 0 Å². The Morgan fingerprint density at radius 2 is 1.00 bits per heavy atom. The molecule has 0 unspecified atom stereocenters. The molecule has 0 saturated carbocycles. The van der Waals surface area contributed by atoms with E-state index in [9.17, 15) is 0 Å². The Kier molecular flexibility index (Phi) is 4.51. The van der Waals surface area contributed by atoms with Gasteiger partial charge in [-0.05, 0) is 75.4 Å². The zero-order valence-corrected chi connectivity index (χ0v) is 23.7. The number of benzene rings is 8. The number of hydrogen-bond acceptors (Lipinski definition) is 1. The zero-order chi connectivity index (χ0) is 33.4. The molecule has 0 amide bonds. The average Bonchev–Trinajstić information content (AvgIpc) is 3.47. The van der Waals surface area contributed by atoms with Crippen molar-refractivity contribution >= 4 is 71.2 Å². The second-order valence-electron chi connectivity index (χ2n) is 11.0. The van der Waals surface area contributed by atoms with Gasteiger partial charge in [0, 0.05) is 33.2 Å². The van der Waals surface area contributed by atoms with Crippen molar-refractivity contribution in [1.82, 2.24) is 4.57 Å². The van der Waals surface area contributed by atoms with Gasteiger partial charge in [-0.2, -0.15) is 0 Å². The van der Waals surface area contributed by atoms with Crippen LogP contribution in [0.25, 0.3) is 59.8 Å². The van der Waals surface area contributed by atoms with Crippen molar-refractivity contribution in [2.24, 2.45) is 0 Å². The number of aromatic nitrogens is 1. The molecular weight excluding hydrogens is 532 g/mol. The largest absolute Gasteiger partial charge is 0.310 e. The number of para-hydroxylation sites is 3. The molecule has 44 heavy (non-hydrogen) atoms. The molecule has 8 aromatic carbocycles. The summed E-state index contributed by atoms with van der Waals surface area (Å²) < 4.78 is 44.8. The third-order valence-corrected chi connectivity index (χ3v) is 8.63. The number of rotatable bonds is 4. The predicted octanol–water partition coefficient (Wildman–Crippen LogP) is 11.7. The van der Waals surface area contributed by atoms with Crippen LogP contribution >= 0.6 is 0 Å². The van der Waals surface area contributed by atoms with Gasteiger partial charge < -0.3 is 9.47 Å². The first-order chi connectivity index (χ1) is 23.9. The van der Waals surface area contributed by atoms with Crippen LogP contribution in [0.1, 0.15) is 6.85 Å². The van der Waals surface area contributed by atoms with Crippen molar-refractivity contribution in [2.75, 3.05) is 4.90 Å². The van der Waals surface area contributed by atoms with Crippen LogP contribution in [0.3, 0.4) is 0 Å². The Bertz CT molecular complexity index is 2710. The van der Waals surface area contributed by atoms with Gasteiger partial charge in [0.25, 0.3) is 0 Å². The van der Waals surface area contributed by atoms with Crippen LogP contribution in [0.15, 0.2) is 170 Å². The van der Waals surface area contributed by atoms with E-state index in [1.807, 2.05) is 47.0 Å². The number of hydrogen-bond donors (Lipinski definition) is 0. The van der Waals surface area contributed by atoms with E-state index in [2.05, 4.69) is 102 Å². The van der Waals surface area contributed by atoms with Crippen molar-refractivity contribution in [1.29, 1.82) is 0 Å². The van der Waals surface area contributed by atoms with E-state index in [0.717, 1.165) is 55.0 Å². The quantitative estimate of drug-likeness (QED) is 0.193. The molecule has 1 aromatic heterocycles. The minimum atomic E-state index is -0.411. The van der Waals surface area contributed by atoms with E-state index < -0.39 is 6.04 Å². The first-order valence-corrected chi connectivity index (χ1v) is 14.7. The monoisotopic (exact) mass is 565 g/mol. The maximum atomic E-state index is 8.90. The summed E-state index contributed by atoms with van der Waals surface area (Å²) in [7, 11) is 0. The molecular formula is C42H28N2. The Morgan fingerprint density at radius 3 is 1.73 bits per heavy atom. The summed E-state index contributed by atoms with van der Waals surface area (Å²) in [6.07, 6.45) is 0. The molecule has 9 aromatic rings. The first kappa shape index (κ1) is 20.1. The van der Waals surface area contributed by atoms with Gasteiger partial charge in [-0.3, -0.25) is 0 Å². The normalized spacial score (nSPS) is 13.2. The molecule has 1 heterocycles. The van der Waals surface area contributed by atoms with Gasteiger partial charge >= 0.3 is 0 Å². The van der Waals surface area contributed by atoms with E-state index in [0.29, 0.717) is 0 Å². The summed E-state index contributed by atoms with van der Waals surface area (Å²) in [4.78, 5) is 2.26. The molecule has 0 aliphatic heterocycles. The third kappa shape index (κ3) is 3.68. The third-order valence-electron chi connectivity index (χ3n) is 8.63. The van der Waals surface area contributed by atoms with E-state index in [-0.39, 0.29) is 29.9 Å². The molecule has 0 bridgehead atoms. The smallest absolute Gasteiger partial charge is 0.0645 e. The van der Waals surface area contributed by atoms with Crippen LogP contribution in [0.4, 0.5) is 17.1 Å².